The lowest BCUT2D eigenvalue weighted by Crippen LogP contribution is -2.39. The lowest BCUT2D eigenvalue weighted by Gasteiger charge is -2.17. The third kappa shape index (κ3) is 2.07. The Labute approximate surface area is 121 Å². The van der Waals surface area contributed by atoms with Crippen LogP contribution in [0.2, 0.25) is 0 Å². The first-order chi connectivity index (χ1) is 10.4. The van der Waals surface area contributed by atoms with E-state index in [4.69, 9.17) is 15.6 Å². The number of aliphatic hydroxyl groups is 3. The average molecular weight is 311 g/mol. The van der Waals surface area contributed by atoms with E-state index < -0.39 is 42.3 Å². The van der Waals surface area contributed by atoms with Crippen LogP contribution < -0.4 is 16.9 Å². The first-order valence-corrected chi connectivity index (χ1v) is 6.33. The van der Waals surface area contributed by atoms with E-state index in [2.05, 4.69) is 15.1 Å². The first-order valence-electron chi connectivity index (χ1n) is 6.33. The number of aromatic amines is 1. The summed E-state index contributed by atoms with van der Waals surface area (Å²) in [7, 11) is 0. The number of H-pyrrole nitrogens is 1. The number of rotatable bonds is 2. The summed E-state index contributed by atoms with van der Waals surface area (Å²) in [4.78, 5) is 31.8. The van der Waals surface area contributed by atoms with Crippen LogP contribution in [0.25, 0.3) is 11.0 Å². The Morgan fingerprint density at radius 3 is 2.68 bits per heavy atom. The highest BCUT2D eigenvalue weighted by Gasteiger charge is 2.44. The molecule has 0 bridgehead atoms. The van der Waals surface area contributed by atoms with Crippen LogP contribution in [0.3, 0.4) is 0 Å². The maximum absolute atomic E-state index is 12.3. The molecule has 0 radical (unpaired) electrons. The number of aliphatic hydroxyl groups excluding tert-OH is 3. The summed E-state index contributed by atoms with van der Waals surface area (Å²) in [5.41, 5.74) is 3.38. The second-order valence-electron chi connectivity index (χ2n) is 4.84. The molecule has 4 atom stereocenters. The van der Waals surface area contributed by atoms with Crippen molar-refractivity contribution in [1.29, 1.82) is 0 Å². The van der Waals surface area contributed by atoms with Crippen molar-refractivity contribution >= 4 is 16.9 Å². The lowest BCUT2D eigenvalue weighted by atomic mass is 10.1. The summed E-state index contributed by atoms with van der Waals surface area (Å²) in [5, 5.41) is 30.9. The predicted molar refractivity (Wildman–Crippen MR) is 71.8 cm³/mol. The van der Waals surface area contributed by atoms with Gasteiger partial charge in [-0.2, -0.15) is 0 Å². The summed E-state index contributed by atoms with van der Waals surface area (Å²) in [6, 6.07) is 0. The number of hydrogen-bond donors (Lipinski definition) is 5. The molecule has 0 aliphatic carbocycles. The van der Waals surface area contributed by atoms with E-state index in [-0.39, 0.29) is 16.9 Å². The van der Waals surface area contributed by atoms with Crippen LogP contribution in [0, 0.1) is 0 Å². The quantitative estimate of drug-likeness (QED) is 0.379. The fourth-order valence-corrected chi connectivity index (χ4v) is 2.32. The van der Waals surface area contributed by atoms with Crippen LogP contribution in [-0.2, 0) is 4.74 Å². The number of ether oxygens (including phenoxy) is 1. The van der Waals surface area contributed by atoms with Gasteiger partial charge in [0.05, 0.1) is 12.8 Å². The molecule has 22 heavy (non-hydrogen) atoms. The largest absolute Gasteiger partial charge is 0.394 e. The highest BCUT2D eigenvalue weighted by atomic mass is 16.6. The number of anilines is 1. The molecule has 3 rings (SSSR count). The second kappa shape index (κ2) is 5.14. The molecule has 6 N–H and O–H groups in total. The summed E-state index contributed by atoms with van der Waals surface area (Å²) in [6.07, 6.45) is -4.24. The normalized spacial score (nSPS) is 28.3. The maximum Gasteiger partial charge on any atom is 0.295 e. The van der Waals surface area contributed by atoms with Gasteiger partial charge in [-0.1, -0.05) is 0 Å². The van der Waals surface area contributed by atoms with Gasteiger partial charge in [-0.05, 0) is 0 Å². The molecule has 11 nitrogen and oxygen atoms in total. The van der Waals surface area contributed by atoms with Crippen molar-refractivity contribution < 1.29 is 20.1 Å². The Morgan fingerprint density at radius 1 is 1.32 bits per heavy atom. The molecule has 0 spiro atoms. The Morgan fingerprint density at radius 2 is 2.05 bits per heavy atom. The van der Waals surface area contributed by atoms with E-state index in [1.807, 2.05) is 0 Å². The van der Waals surface area contributed by atoms with Gasteiger partial charge in [0, 0.05) is 0 Å². The molecular weight excluding hydrogens is 298 g/mol. The van der Waals surface area contributed by atoms with Gasteiger partial charge in [0.1, 0.15) is 24.1 Å². The number of nitrogen functional groups attached to an aromatic ring is 1. The van der Waals surface area contributed by atoms with Crippen LogP contribution in [0.1, 0.15) is 6.23 Å². The lowest BCUT2D eigenvalue weighted by molar-refractivity contribution is -0.0610. The minimum absolute atomic E-state index is 0.0249. The van der Waals surface area contributed by atoms with Crippen molar-refractivity contribution in [2.24, 2.45) is 0 Å². The van der Waals surface area contributed by atoms with Crippen molar-refractivity contribution in [3.63, 3.8) is 0 Å². The first kappa shape index (κ1) is 14.6. The number of fused-ring (bicyclic) bond motifs is 1. The summed E-state index contributed by atoms with van der Waals surface area (Å²) < 4.78 is 5.91. The minimum Gasteiger partial charge on any atom is -0.394 e. The molecule has 2 aromatic heterocycles. The Bertz CT molecular complexity index is 832. The molecule has 1 saturated heterocycles. The summed E-state index contributed by atoms with van der Waals surface area (Å²) >= 11 is 0. The fraction of sp³-hybridized carbons (Fsp3) is 0.455. The number of nitrogens with one attached hydrogen (secondary N) is 1. The van der Waals surface area contributed by atoms with Gasteiger partial charge in [0.15, 0.2) is 17.3 Å². The van der Waals surface area contributed by atoms with Crippen LogP contribution in [0.15, 0.2) is 15.8 Å². The van der Waals surface area contributed by atoms with Gasteiger partial charge in [0.25, 0.3) is 11.1 Å². The standard InChI is InChI=1S/C11H13N5O6/c12-4-1-13-6-5(14-4)9(20)15-16(10(6)21)11-8(19)7(18)3(2-17)22-11/h1,3,7-8,11,17-19H,2H2,(H2,12,14)(H,15,20)/t3-,7-,8-,11-/m1/s1. The SMILES string of the molecule is Nc1cnc2c(=O)n([C@@H]3O[C@H](CO)[C@@H](O)[C@H]3O)[nH]c(=O)c2n1. The molecule has 0 aromatic carbocycles. The Hall–Kier alpha value is -2.34. The van der Waals surface area contributed by atoms with Crippen LogP contribution >= 0.6 is 0 Å². The molecule has 1 aliphatic rings. The van der Waals surface area contributed by atoms with E-state index in [0.29, 0.717) is 4.68 Å². The zero-order valence-corrected chi connectivity index (χ0v) is 11.1. The van der Waals surface area contributed by atoms with Crippen molar-refractivity contribution in [2.45, 2.75) is 24.5 Å². The smallest absolute Gasteiger partial charge is 0.295 e. The third-order valence-corrected chi connectivity index (χ3v) is 3.42. The molecule has 3 heterocycles. The fourth-order valence-electron chi connectivity index (χ4n) is 2.32. The molecular formula is C11H13N5O6. The van der Waals surface area contributed by atoms with Crippen LogP contribution in [0.5, 0.6) is 0 Å². The number of hydrogen-bond acceptors (Lipinski definition) is 9. The Balaban J connectivity index is 2.17. The second-order valence-corrected chi connectivity index (χ2v) is 4.84. The predicted octanol–water partition coefficient (Wildman–Crippen LogP) is -3.33. The molecule has 118 valence electrons. The van der Waals surface area contributed by atoms with Gasteiger partial charge in [-0.3, -0.25) is 14.7 Å². The van der Waals surface area contributed by atoms with Gasteiger partial charge in [0.2, 0.25) is 0 Å². The third-order valence-electron chi connectivity index (χ3n) is 3.42. The van der Waals surface area contributed by atoms with E-state index in [9.17, 15) is 19.8 Å². The van der Waals surface area contributed by atoms with Crippen molar-refractivity contribution in [3.8, 4) is 0 Å². The monoisotopic (exact) mass is 311 g/mol. The molecule has 2 aromatic rings. The number of aromatic nitrogens is 4. The molecule has 11 heteroatoms. The molecule has 1 aliphatic heterocycles. The molecule has 0 unspecified atom stereocenters. The van der Waals surface area contributed by atoms with Crippen molar-refractivity contribution in [1.82, 2.24) is 19.7 Å². The maximum atomic E-state index is 12.3. The van der Waals surface area contributed by atoms with Gasteiger partial charge >= 0.3 is 0 Å². The molecule has 0 saturated carbocycles. The topological polar surface area (TPSA) is 177 Å². The zero-order chi connectivity index (χ0) is 16.0. The van der Waals surface area contributed by atoms with Crippen molar-refractivity contribution in [2.75, 3.05) is 12.3 Å². The summed E-state index contributed by atoms with van der Waals surface area (Å²) in [6.45, 7) is -0.558. The van der Waals surface area contributed by atoms with Gasteiger partial charge < -0.3 is 25.8 Å². The van der Waals surface area contributed by atoms with Crippen molar-refractivity contribution in [3.05, 3.63) is 26.9 Å². The van der Waals surface area contributed by atoms with E-state index in [1.165, 1.54) is 0 Å². The van der Waals surface area contributed by atoms with Gasteiger partial charge in [-0.25, -0.2) is 14.6 Å². The van der Waals surface area contributed by atoms with E-state index >= 15 is 0 Å². The van der Waals surface area contributed by atoms with Gasteiger partial charge in [-0.15, -0.1) is 0 Å². The highest BCUT2D eigenvalue weighted by molar-refractivity contribution is 5.72. The molecule has 1 fully saturated rings. The zero-order valence-electron chi connectivity index (χ0n) is 11.1. The average Bonchev–Trinajstić information content (AvgIpc) is 2.78. The molecule has 0 amide bonds. The highest BCUT2D eigenvalue weighted by Crippen LogP contribution is 2.27. The summed E-state index contributed by atoms with van der Waals surface area (Å²) in [5.74, 6) is -0.0249. The van der Waals surface area contributed by atoms with E-state index in [0.717, 1.165) is 6.20 Å². The Kier molecular flexibility index (Phi) is 3.41. The number of nitrogens with zero attached hydrogens (tertiary/aromatic N) is 3. The van der Waals surface area contributed by atoms with Crippen LogP contribution in [0.4, 0.5) is 5.82 Å². The van der Waals surface area contributed by atoms with E-state index in [1.54, 1.807) is 0 Å². The van der Waals surface area contributed by atoms with Crippen LogP contribution in [-0.4, -0.2) is 60.0 Å². The number of nitrogens with two attached hydrogens (primary N) is 1. The minimum atomic E-state index is -1.51.